The molecule has 0 N–H and O–H groups in total. The zero-order valence-electron chi connectivity index (χ0n) is 11.4. The Morgan fingerprint density at radius 1 is 1.33 bits per heavy atom. The standard InChI is InChI=1S/C15H22O2S/c1-4-5-12(2)10-17-11-15(16)13-6-8-14(18-3)9-7-13/h6-9,12H,4-5,10-11H2,1-3H3. The number of ether oxygens (including phenoxy) is 1. The molecule has 3 heteroatoms. The van der Waals surface area contributed by atoms with Gasteiger partial charge in [0.1, 0.15) is 6.61 Å². The van der Waals surface area contributed by atoms with Gasteiger partial charge in [-0.3, -0.25) is 4.79 Å². The van der Waals surface area contributed by atoms with Crippen LogP contribution < -0.4 is 0 Å². The van der Waals surface area contributed by atoms with E-state index in [1.807, 2.05) is 30.5 Å². The summed E-state index contributed by atoms with van der Waals surface area (Å²) in [6.07, 6.45) is 4.33. The molecule has 0 radical (unpaired) electrons. The molecular weight excluding hydrogens is 244 g/mol. The van der Waals surface area contributed by atoms with Gasteiger partial charge in [-0.15, -0.1) is 11.8 Å². The normalized spacial score (nSPS) is 12.4. The van der Waals surface area contributed by atoms with E-state index in [-0.39, 0.29) is 12.4 Å². The van der Waals surface area contributed by atoms with Crippen LogP contribution in [-0.2, 0) is 4.74 Å². The van der Waals surface area contributed by atoms with Crippen LogP contribution in [0.2, 0.25) is 0 Å². The summed E-state index contributed by atoms with van der Waals surface area (Å²) in [6.45, 7) is 5.17. The summed E-state index contributed by atoms with van der Waals surface area (Å²) in [5.41, 5.74) is 0.732. The largest absolute Gasteiger partial charge is 0.373 e. The van der Waals surface area contributed by atoms with Gasteiger partial charge in [-0.1, -0.05) is 32.4 Å². The molecular formula is C15H22O2S. The van der Waals surface area contributed by atoms with Gasteiger partial charge >= 0.3 is 0 Å². The lowest BCUT2D eigenvalue weighted by Gasteiger charge is -2.10. The molecule has 1 rings (SSSR count). The number of hydrogen-bond acceptors (Lipinski definition) is 3. The first-order chi connectivity index (χ1) is 8.67. The van der Waals surface area contributed by atoms with Crippen LogP contribution in [0.25, 0.3) is 0 Å². The van der Waals surface area contributed by atoms with E-state index in [1.54, 1.807) is 11.8 Å². The molecule has 18 heavy (non-hydrogen) atoms. The Balaban J connectivity index is 2.35. The van der Waals surface area contributed by atoms with Crippen LogP contribution in [0.3, 0.4) is 0 Å². The number of ketones is 1. The Bertz CT molecular complexity index is 359. The second-order valence-electron chi connectivity index (χ2n) is 4.56. The van der Waals surface area contributed by atoms with Crippen molar-refractivity contribution < 1.29 is 9.53 Å². The highest BCUT2D eigenvalue weighted by Crippen LogP contribution is 2.15. The summed E-state index contributed by atoms with van der Waals surface area (Å²) in [7, 11) is 0. The van der Waals surface area contributed by atoms with Crippen molar-refractivity contribution in [2.45, 2.75) is 31.6 Å². The molecule has 1 unspecified atom stereocenters. The molecule has 0 aliphatic rings. The molecule has 0 aliphatic carbocycles. The van der Waals surface area contributed by atoms with Gasteiger partial charge in [-0.2, -0.15) is 0 Å². The number of carbonyl (C=O) groups is 1. The maximum atomic E-state index is 11.9. The van der Waals surface area contributed by atoms with E-state index < -0.39 is 0 Å². The number of thioether (sulfide) groups is 1. The van der Waals surface area contributed by atoms with Gasteiger partial charge < -0.3 is 4.74 Å². The van der Waals surface area contributed by atoms with E-state index >= 15 is 0 Å². The minimum Gasteiger partial charge on any atom is -0.373 e. The average Bonchev–Trinajstić information content (AvgIpc) is 2.39. The van der Waals surface area contributed by atoms with Crippen molar-refractivity contribution in [3.63, 3.8) is 0 Å². The highest BCUT2D eigenvalue weighted by molar-refractivity contribution is 7.98. The minimum absolute atomic E-state index is 0.0614. The Kier molecular flexibility index (Phi) is 7.06. The van der Waals surface area contributed by atoms with Gasteiger partial charge in [0.05, 0.1) is 0 Å². The van der Waals surface area contributed by atoms with E-state index in [0.717, 1.165) is 18.4 Å². The van der Waals surface area contributed by atoms with Crippen LogP contribution in [0.5, 0.6) is 0 Å². The van der Waals surface area contributed by atoms with Crippen LogP contribution in [0.1, 0.15) is 37.0 Å². The van der Waals surface area contributed by atoms with Crippen LogP contribution >= 0.6 is 11.8 Å². The van der Waals surface area contributed by atoms with Gasteiger partial charge in [0.15, 0.2) is 5.78 Å². The summed E-state index contributed by atoms with van der Waals surface area (Å²) >= 11 is 1.67. The third-order valence-corrected chi connectivity index (χ3v) is 3.57. The summed E-state index contributed by atoms with van der Waals surface area (Å²) in [5, 5.41) is 0. The van der Waals surface area contributed by atoms with Crippen LogP contribution in [0.4, 0.5) is 0 Å². The van der Waals surface area contributed by atoms with Crippen molar-refractivity contribution in [1.82, 2.24) is 0 Å². The van der Waals surface area contributed by atoms with Crippen LogP contribution in [0, 0.1) is 5.92 Å². The molecule has 0 bridgehead atoms. The molecule has 0 aliphatic heterocycles. The van der Waals surface area contributed by atoms with E-state index in [2.05, 4.69) is 13.8 Å². The van der Waals surface area contributed by atoms with Gasteiger partial charge in [0.25, 0.3) is 0 Å². The van der Waals surface area contributed by atoms with Crippen LogP contribution in [-0.4, -0.2) is 25.3 Å². The first-order valence-corrected chi connectivity index (χ1v) is 7.64. The van der Waals surface area contributed by atoms with Crippen molar-refractivity contribution >= 4 is 17.5 Å². The fourth-order valence-corrected chi connectivity index (χ4v) is 2.20. The number of benzene rings is 1. The van der Waals surface area contributed by atoms with E-state index in [0.29, 0.717) is 12.5 Å². The molecule has 0 amide bonds. The van der Waals surface area contributed by atoms with Crippen molar-refractivity contribution in [2.24, 2.45) is 5.92 Å². The molecule has 0 fully saturated rings. The molecule has 0 spiro atoms. The number of hydrogen-bond donors (Lipinski definition) is 0. The smallest absolute Gasteiger partial charge is 0.188 e. The molecule has 0 saturated heterocycles. The molecule has 0 aromatic heterocycles. The summed E-state index contributed by atoms with van der Waals surface area (Å²) in [5.74, 6) is 0.591. The molecule has 0 saturated carbocycles. The molecule has 0 heterocycles. The van der Waals surface area contributed by atoms with Gasteiger partial charge in [-0.05, 0) is 30.7 Å². The quantitative estimate of drug-likeness (QED) is 0.524. The van der Waals surface area contributed by atoms with Crippen molar-refractivity contribution in [3.05, 3.63) is 29.8 Å². The summed E-state index contributed by atoms with van der Waals surface area (Å²) in [4.78, 5) is 13.0. The Morgan fingerprint density at radius 2 is 2.00 bits per heavy atom. The molecule has 1 atom stereocenters. The molecule has 1 aromatic rings. The number of rotatable bonds is 8. The third kappa shape index (κ3) is 5.23. The Morgan fingerprint density at radius 3 is 2.56 bits per heavy atom. The fourth-order valence-electron chi connectivity index (χ4n) is 1.79. The van der Waals surface area contributed by atoms with E-state index in [4.69, 9.17) is 4.74 Å². The highest BCUT2D eigenvalue weighted by Gasteiger charge is 2.07. The lowest BCUT2D eigenvalue weighted by Crippen LogP contribution is -2.13. The predicted molar refractivity (Wildman–Crippen MR) is 77.4 cm³/mol. The minimum atomic E-state index is 0.0614. The third-order valence-electron chi connectivity index (χ3n) is 2.83. The SMILES string of the molecule is CCCC(C)COCC(=O)c1ccc(SC)cc1. The molecule has 2 nitrogen and oxygen atoms in total. The maximum absolute atomic E-state index is 11.9. The van der Waals surface area contributed by atoms with Crippen molar-refractivity contribution in [1.29, 1.82) is 0 Å². The maximum Gasteiger partial charge on any atom is 0.188 e. The molecule has 100 valence electrons. The van der Waals surface area contributed by atoms with Gasteiger partial charge in [-0.25, -0.2) is 0 Å². The summed E-state index contributed by atoms with van der Waals surface area (Å²) in [6, 6.07) is 7.68. The van der Waals surface area contributed by atoms with Gasteiger partial charge in [0.2, 0.25) is 0 Å². The Hall–Kier alpha value is -0.800. The van der Waals surface area contributed by atoms with E-state index in [9.17, 15) is 4.79 Å². The van der Waals surface area contributed by atoms with Crippen LogP contribution in [0.15, 0.2) is 29.2 Å². The topological polar surface area (TPSA) is 26.3 Å². The van der Waals surface area contributed by atoms with Crippen molar-refractivity contribution in [2.75, 3.05) is 19.5 Å². The second-order valence-corrected chi connectivity index (χ2v) is 5.44. The summed E-state index contributed by atoms with van der Waals surface area (Å²) < 4.78 is 5.47. The Labute approximate surface area is 114 Å². The van der Waals surface area contributed by atoms with Crippen molar-refractivity contribution in [3.8, 4) is 0 Å². The number of Topliss-reactive ketones (excluding diaryl/α,β-unsaturated/α-hetero) is 1. The predicted octanol–water partition coefficient (Wildman–Crippen LogP) is 4.04. The number of carbonyl (C=O) groups excluding carboxylic acids is 1. The first-order valence-electron chi connectivity index (χ1n) is 6.42. The lowest BCUT2D eigenvalue weighted by molar-refractivity contribution is 0.0683. The first kappa shape index (κ1) is 15.3. The average molecular weight is 266 g/mol. The zero-order chi connectivity index (χ0) is 13.4. The highest BCUT2D eigenvalue weighted by atomic mass is 32.2. The lowest BCUT2D eigenvalue weighted by atomic mass is 10.1. The monoisotopic (exact) mass is 266 g/mol. The van der Waals surface area contributed by atoms with E-state index in [1.165, 1.54) is 4.90 Å². The second kappa shape index (κ2) is 8.33. The van der Waals surface area contributed by atoms with Gasteiger partial charge in [0, 0.05) is 17.1 Å². The zero-order valence-corrected chi connectivity index (χ0v) is 12.3. The molecule has 1 aromatic carbocycles. The fraction of sp³-hybridized carbons (Fsp3) is 0.533.